The van der Waals surface area contributed by atoms with Crippen molar-refractivity contribution in [2.24, 2.45) is 0 Å². The molecule has 0 bridgehead atoms. The van der Waals surface area contributed by atoms with Crippen LogP contribution in [0.3, 0.4) is 0 Å². The van der Waals surface area contributed by atoms with Gasteiger partial charge in [0.15, 0.2) is 0 Å². The minimum atomic E-state index is -0.856. The largest absolute Gasteiger partial charge is 0.493 e. The van der Waals surface area contributed by atoms with Crippen LogP contribution in [-0.4, -0.2) is 32.4 Å². The third kappa shape index (κ3) is 6.47. The van der Waals surface area contributed by atoms with Crippen molar-refractivity contribution in [1.82, 2.24) is 14.8 Å². The number of aryl methyl sites for hydroxylation is 3. The van der Waals surface area contributed by atoms with Crippen LogP contribution in [0, 0.1) is 6.92 Å². The summed E-state index contributed by atoms with van der Waals surface area (Å²) in [5.74, 6) is 1.56. The van der Waals surface area contributed by atoms with Crippen molar-refractivity contribution in [3.63, 3.8) is 0 Å². The van der Waals surface area contributed by atoms with Gasteiger partial charge in [-0.25, -0.2) is 4.98 Å². The molecule has 0 amide bonds. The Balaban J connectivity index is 1.43. The number of hydrogen-bond acceptors (Lipinski definition) is 5. The highest BCUT2D eigenvalue weighted by molar-refractivity contribution is 5.71. The molecule has 0 saturated carbocycles. The topological polar surface area (TPSA) is 90.4 Å². The van der Waals surface area contributed by atoms with E-state index in [2.05, 4.69) is 27.0 Å². The van der Waals surface area contributed by atoms with Crippen LogP contribution in [0.25, 0.3) is 11.5 Å². The molecular weight excluding hydrogens is 466 g/mol. The average molecular weight is 502 g/mol. The van der Waals surface area contributed by atoms with Crippen LogP contribution in [-0.2, 0) is 30.6 Å². The molecule has 4 rings (SSSR count). The number of ether oxygens (including phenoxy) is 1. The van der Waals surface area contributed by atoms with Gasteiger partial charge < -0.3 is 14.3 Å². The summed E-state index contributed by atoms with van der Waals surface area (Å²) in [6.07, 6.45) is 4.48. The molecule has 0 spiro atoms. The van der Waals surface area contributed by atoms with Gasteiger partial charge in [0.05, 0.1) is 25.3 Å². The second kappa shape index (κ2) is 11.9. The SMILES string of the molecule is CCc1cccc(CC(=O)O)c1OCCCc1cn(Cc2nc(-c3ccccc3)oc2C)nc1C(C)C. The van der Waals surface area contributed by atoms with Crippen LogP contribution in [0.5, 0.6) is 5.75 Å². The molecule has 194 valence electrons. The molecule has 7 heteroatoms. The molecule has 2 aromatic carbocycles. The van der Waals surface area contributed by atoms with Gasteiger partial charge in [-0.1, -0.05) is 57.2 Å². The van der Waals surface area contributed by atoms with E-state index >= 15 is 0 Å². The fourth-order valence-electron chi connectivity index (χ4n) is 4.51. The van der Waals surface area contributed by atoms with E-state index in [0.29, 0.717) is 30.7 Å². The first-order chi connectivity index (χ1) is 17.9. The minimum Gasteiger partial charge on any atom is -0.493 e. The second-order valence-electron chi connectivity index (χ2n) is 9.56. The Hall–Kier alpha value is -3.87. The third-order valence-corrected chi connectivity index (χ3v) is 6.38. The van der Waals surface area contributed by atoms with Gasteiger partial charge in [-0.3, -0.25) is 9.48 Å². The fourth-order valence-corrected chi connectivity index (χ4v) is 4.51. The number of benzene rings is 2. The summed E-state index contributed by atoms with van der Waals surface area (Å²) in [6, 6.07) is 15.6. The van der Waals surface area contributed by atoms with Gasteiger partial charge in [0.1, 0.15) is 17.2 Å². The van der Waals surface area contributed by atoms with Gasteiger partial charge in [-0.15, -0.1) is 0 Å². The Kier molecular flexibility index (Phi) is 8.43. The van der Waals surface area contributed by atoms with Gasteiger partial charge in [0, 0.05) is 17.3 Å². The zero-order valence-corrected chi connectivity index (χ0v) is 22.0. The van der Waals surface area contributed by atoms with Crippen molar-refractivity contribution >= 4 is 5.97 Å². The molecule has 0 radical (unpaired) electrons. The number of rotatable bonds is 12. The van der Waals surface area contributed by atoms with Crippen molar-refractivity contribution in [2.45, 2.75) is 65.8 Å². The summed E-state index contributed by atoms with van der Waals surface area (Å²) in [6.45, 7) is 9.34. The summed E-state index contributed by atoms with van der Waals surface area (Å²) in [4.78, 5) is 16.0. The molecule has 37 heavy (non-hydrogen) atoms. The van der Waals surface area contributed by atoms with Crippen molar-refractivity contribution in [3.05, 3.63) is 88.6 Å². The van der Waals surface area contributed by atoms with E-state index in [-0.39, 0.29) is 6.42 Å². The lowest BCUT2D eigenvalue weighted by molar-refractivity contribution is -0.136. The molecule has 0 aliphatic carbocycles. The van der Waals surface area contributed by atoms with Crippen molar-refractivity contribution in [1.29, 1.82) is 0 Å². The summed E-state index contributed by atoms with van der Waals surface area (Å²) in [5.41, 5.74) is 5.85. The maximum atomic E-state index is 11.3. The fraction of sp³-hybridized carbons (Fsp3) is 0.367. The lowest BCUT2D eigenvalue weighted by atomic mass is 10.0. The van der Waals surface area contributed by atoms with Crippen LogP contribution in [0.4, 0.5) is 0 Å². The molecule has 7 nitrogen and oxygen atoms in total. The molecule has 2 heterocycles. The lowest BCUT2D eigenvalue weighted by Gasteiger charge is -2.14. The average Bonchev–Trinajstić information content (AvgIpc) is 3.46. The molecule has 0 saturated heterocycles. The number of carboxylic acid groups (broad SMARTS) is 1. The Bertz CT molecular complexity index is 1340. The van der Waals surface area contributed by atoms with Crippen LogP contribution in [0.1, 0.15) is 66.9 Å². The predicted molar refractivity (Wildman–Crippen MR) is 143 cm³/mol. The van der Waals surface area contributed by atoms with Crippen LogP contribution in [0.2, 0.25) is 0 Å². The Morgan fingerprint density at radius 3 is 2.54 bits per heavy atom. The van der Waals surface area contributed by atoms with Gasteiger partial charge >= 0.3 is 5.97 Å². The molecule has 4 aromatic rings. The number of aliphatic carboxylic acids is 1. The summed E-state index contributed by atoms with van der Waals surface area (Å²) >= 11 is 0. The van der Waals surface area contributed by atoms with E-state index in [4.69, 9.17) is 19.2 Å². The summed E-state index contributed by atoms with van der Waals surface area (Å²) < 4.78 is 14.0. The highest BCUT2D eigenvalue weighted by atomic mass is 16.5. The summed E-state index contributed by atoms with van der Waals surface area (Å²) in [5, 5.41) is 14.1. The number of carboxylic acids is 1. The van der Waals surface area contributed by atoms with Gasteiger partial charge in [-0.05, 0) is 55.4 Å². The van der Waals surface area contributed by atoms with Crippen molar-refractivity contribution in [2.75, 3.05) is 6.61 Å². The maximum absolute atomic E-state index is 11.3. The lowest BCUT2D eigenvalue weighted by Crippen LogP contribution is -2.08. The quantitative estimate of drug-likeness (QED) is 0.232. The van der Waals surface area contributed by atoms with Crippen LogP contribution in [0.15, 0.2) is 59.1 Å². The van der Waals surface area contributed by atoms with Crippen molar-refractivity contribution < 1.29 is 19.1 Å². The number of oxazole rings is 1. The van der Waals surface area contributed by atoms with E-state index < -0.39 is 5.97 Å². The molecule has 0 fully saturated rings. The molecule has 0 atom stereocenters. The first-order valence-electron chi connectivity index (χ1n) is 12.9. The van der Waals surface area contributed by atoms with E-state index in [9.17, 15) is 9.90 Å². The second-order valence-corrected chi connectivity index (χ2v) is 9.56. The monoisotopic (exact) mass is 501 g/mol. The smallest absolute Gasteiger partial charge is 0.307 e. The minimum absolute atomic E-state index is 0.0408. The van der Waals surface area contributed by atoms with Crippen LogP contribution >= 0.6 is 0 Å². The van der Waals surface area contributed by atoms with E-state index in [1.165, 1.54) is 5.56 Å². The van der Waals surface area contributed by atoms with Gasteiger partial charge in [0.2, 0.25) is 5.89 Å². The molecular formula is C30H35N3O4. The number of hydrogen-bond donors (Lipinski definition) is 1. The zero-order valence-electron chi connectivity index (χ0n) is 22.0. The number of para-hydroxylation sites is 1. The summed E-state index contributed by atoms with van der Waals surface area (Å²) in [7, 11) is 0. The highest BCUT2D eigenvalue weighted by Crippen LogP contribution is 2.27. The third-order valence-electron chi connectivity index (χ3n) is 6.38. The number of nitrogens with zero attached hydrogens (tertiary/aromatic N) is 3. The number of aromatic nitrogens is 3. The first kappa shape index (κ1) is 26.2. The molecule has 0 aliphatic rings. The van der Waals surface area contributed by atoms with Gasteiger partial charge in [0.25, 0.3) is 0 Å². The Morgan fingerprint density at radius 2 is 1.84 bits per heavy atom. The van der Waals surface area contributed by atoms with E-state index in [1.807, 2.05) is 60.1 Å². The Labute approximate surface area is 218 Å². The maximum Gasteiger partial charge on any atom is 0.307 e. The zero-order chi connectivity index (χ0) is 26.4. The first-order valence-corrected chi connectivity index (χ1v) is 12.9. The van der Waals surface area contributed by atoms with Crippen LogP contribution < -0.4 is 4.74 Å². The van der Waals surface area contributed by atoms with Gasteiger partial charge in [-0.2, -0.15) is 5.10 Å². The van der Waals surface area contributed by atoms with Crippen molar-refractivity contribution in [3.8, 4) is 17.2 Å². The Morgan fingerprint density at radius 1 is 1.08 bits per heavy atom. The molecule has 0 unspecified atom stereocenters. The highest BCUT2D eigenvalue weighted by Gasteiger charge is 2.17. The van der Waals surface area contributed by atoms with E-state index in [1.54, 1.807) is 0 Å². The molecule has 2 aromatic heterocycles. The predicted octanol–water partition coefficient (Wildman–Crippen LogP) is 6.22. The molecule has 1 N–H and O–H groups in total. The molecule has 0 aliphatic heterocycles. The van der Waals surface area contributed by atoms with E-state index in [0.717, 1.165) is 53.1 Å². The normalized spacial score (nSPS) is 11.3. The number of carbonyl (C=O) groups is 1. The standard InChI is InChI=1S/C30H35N3O4/c1-5-22-13-9-14-24(17-27(34)35)29(22)36-16-10-15-25-18-33(32-28(25)20(2)3)19-26-21(4)37-30(31-26)23-11-7-6-8-12-23/h6-9,11-14,18,20H,5,10,15-17,19H2,1-4H3,(H,34,35).